The van der Waals surface area contributed by atoms with Crippen LogP contribution in [0.4, 0.5) is 21.6 Å². The minimum Gasteiger partial charge on any atom is -0.367 e. The molecule has 1 aliphatic rings. The van der Waals surface area contributed by atoms with E-state index in [2.05, 4.69) is 10.3 Å². The molecule has 1 atom stereocenters. The molecule has 9 nitrogen and oxygen atoms in total. The molecule has 1 aromatic heterocycles. The number of nitrogens with one attached hydrogen (secondary N) is 1. The van der Waals surface area contributed by atoms with Crippen molar-refractivity contribution in [3.05, 3.63) is 57.5 Å². The third-order valence-corrected chi connectivity index (χ3v) is 4.53. The van der Waals surface area contributed by atoms with Crippen molar-refractivity contribution in [1.29, 1.82) is 5.26 Å². The van der Waals surface area contributed by atoms with Crippen molar-refractivity contribution in [2.45, 2.75) is 18.9 Å². The number of amides is 1. The molecule has 0 spiro atoms. The number of carbonyl (C=O) groups excluding carboxylic acids is 1. The zero-order chi connectivity index (χ0) is 20.3. The molecule has 2 aromatic rings. The van der Waals surface area contributed by atoms with Crippen LogP contribution in [0.15, 0.2) is 30.5 Å². The summed E-state index contributed by atoms with van der Waals surface area (Å²) in [7, 11) is 0. The number of hydrogen-bond acceptors (Lipinski definition) is 7. The highest BCUT2D eigenvalue weighted by Crippen LogP contribution is 2.26. The van der Waals surface area contributed by atoms with E-state index < -0.39 is 16.6 Å². The molecule has 0 saturated carbocycles. The maximum absolute atomic E-state index is 14.3. The Labute approximate surface area is 159 Å². The van der Waals surface area contributed by atoms with Crippen molar-refractivity contribution < 1.29 is 14.1 Å². The van der Waals surface area contributed by atoms with Gasteiger partial charge in [0.05, 0.1) is 27.8 Å². The van der Waals surface area contributed by atoms with E-state index in [1.54, 1.807) is 12.1 Å². The van der Waals surface area contributed by atoms with Gasteiger partial charge in [-0.05, 0) is 31.0 Å². The third kappa shape index (κ3) is 3.98. The lowest BCUT2D eigenvalue weighted by molar-refractivity contribution is -0.385. The van der Waals surface area contributed by atoms with Crippen LogP contribution in [0, 0.1) is 27.3 Å². The molecule has 3 rings (SSSR count). The van der Waals surface area contributed by atoms with Gasteiger partial charge in [-0.1, -0.05) is 0 Å². The number of aromatic nitrogens is 1. The predicted octanol–water partition coefficient (Wildman–Crippen LogP) is 2.18. The summed E-state index contributed by atoms with van der Waals surface area (Å²) in [6.07, 6.45) is 2.55. The van der Waals surface area contributed by atoms with E-state index in [-0.39, 0.29) is 28.7 Å². The van der Waals surface area contributed by atoms with Crippen molar-refractivity contribution in [3.8, 4) is 6.07 Å². The number of nitrogens with two attached hydrogens (primary N) is 1. The number of primary amides is 1. The van der Waals surface area contributed by atoms with Crippen LogP contribution in [0.2, 0.25) is 0 Å². The monoisotopic (exact) mass is 384 g/mol. The maximum Gasteiger partial charge on any atom is 0.288 e. The Morgan fingerprint density at radius 1 is 1.46 bits per heavy atom. The van der Waals surface area contributed by atoms with Gasteiger partial charge in [-0.15, -0.1) is 0 Å². The second-order valence-electron chi connectivity index (χ2n) is 6.42. The number of nitrogens with zero attached hydrogens (tertiary/aromatic N) is 4. The van der Waals surface area contributed by atoms with E-state index in [1.165, 1.54) is 6.07 Å². The van der Waals surface area contributed by atoms with Crippen LogP contribution in [-0.4, -0.2) is 34.9 Å². The number of anilines is 2. The summed E-state index contributed by atoms with van der Waals surface area (Å²) in [6.45, 7) is 1.07. The first-order chi connectivity index (χ1) is 13.4. The first-order valence-electron chi connectivity index (χ1n) is 8.54. The summed E-state index contributed by atoms with van der Waals surface area (Å²) in [5.41, 5.74) is 5.55. The summed E-state index contributed by atoms with van der Waals surface area (Å²) in [4.78, 5) is 27.7. The van der Waals surface area contributed by atoms with Crippen LogP contribution in [-0.2, 0) is 0 Å². The Morgan fingerprint density at radius 2 is 2.25 bits per heavy atom. The zero-order valence-corrected chi connectivity index (χ0v) is 14.8. The standard InChI is InChI=1S/C18H17FN6O3/c19-15-6-11(8-20)3-4-16(15)24-5-1-2-12(10-24)23-18-14(17(21)26)7-13(9-22-18)25(27)28/h3-4,6-7,9,12H,1-2,5,10H2,(H2,21,26)(H,22,23). The number of nitriles is 1. The van der Waals surface area contributed by atoms with Crippen LogP contribution in [0.25, 0.3) is 0 Å². The lowest BCUT2D eigenvalue weighted by Gasteiger charge is -2.35. The van der Waals surface area contributed by atoms with Gasteiger partial charge >= 0.3 is 0 Å². The Morgan fingerprint density at radius 3 is 2.89 bits per heavy atom. The van der Waals surface area contributed by atoms with Crippen LogP contribution >= 0.6 is 0 Å². The topological polar surface area (TPSA) is 138 Å². The van der Waals surface area contributed by atoms with Gasteiger partial charge in [-0.3, -0.25) is 14.9 Å². The number of halogens is 1. The largest absolute Gasteiger partial charge is 0.367 e. The smallest absolute Gasteiger partial charge is 0.288 e. The van der Waals surface area contributed by atoms with E-state index in [0.717, 1.165) is 25.1 Å². The molecule has 1 aromatic carbocycles. The molecule has 1 unspecified atom stereocenters. The van der Waals surface area contributed by atoms with E-state index in [4.69, 9.17) is 11.0 Å². The number of carbonyl (C=O) groups is 1. The normalized spacial score (nSPS) is 16.3. The molecule has 1 amide bonds. The minimum atomic E-state index is -0.829. The van der Waals surface area contributed by atoms with Gasteiger partial charge in [-0.2, -0.15) is 5.26 Å². The van der Waals surface area contributed by atoms with Crippen LogP contribution < -0.4 is 16.0 Å². The molecule has 0 bridgehead atoms. The fourth-order valence-corrected chi connectivity index (χ4v) is 3.20. The fraction of sp³-hybridized carbons (Fsp3) is 0.278. The van der Waals surface area contributed by atoms with Gasteiger partial charge in [-0.25, -0.2) is 9.37 Å². The fourth-order valence-electron chi connectivity index (χ4n) is 3.20. The lowest BCUT2D eigenvalue weighted by Crippen LogP contribution is -2.43. The third-order valence-electron chi connectivity index (χ3n) is 4.53. The van der Waals surface area contributed by atoms with Gasteiger partial charge in [0.2, 0.25) is 0 Å². The first kappa shape index (κ1) is 19.0. The number of benzene rings is 1. The minimum absolute atomic E-state index is 0.0733. The second kappa shape index (κ2) is 7.87. The quantitative estimate of drug-likeness (QED) is 0.595. The number of hydrogen-bond donors (Lipinski definition) is 2. The number of nitro groups is 1. The molecule has 0 radical (unpaired) electrons. The molecule has 3 N–H and O–H groups in total. The zero-order valence-electron chi connectivity index (χ0n) is 14.8. The molecule has 1 aliphatic heterocycles. The Hall–Kier alpha value is -3.74. The number of piperidine rings is 1. The highest BCUT2D eigenvalue weighted by atomic mass is 19.1. The molecule has 0 aliphatic carbocycles. The molecule has 144 valence electrons. The van der Waals surface area contributed by atoms with Crippen LogP contribution in [0.5, 0.6) is 0 Å². The summed E-state index contributed by atoms with van der Waals surface area (Å²) in [5, 5.41) is 22.8. The van der Waals surface area contributed by atoms with Crippen molar-refractivity contribution in [3.63, 3.8) is 0 Å². The van der Waals surface area contributed by atoms with Gasteiger partial charge in [0.25, 0.3) is 11.6 Å². The van der Waals surface area contributed by atoms with Gasteiger partial charge < -0.3 is 16.0 Å². The average molecular weight is 384 g/mol. The molecule has 2 heterocycles. The average Bonchev–Trinajstić information content (AvgIpc) is 2.68. The SMILES string of the molecule is N#Cc1ccc(N2CCCC(Nc3ncc([N+](=O)[O-])cc3C(N)=O)C2)c(F)c1. The predicted molar refractivity (Wildman–Crippen MR) is 99.4 cm³/mol. The molecular formula is C18H17FN6O3. The Balaban J connectivity index is 1.80. The maximum atomic E-state index is 14.3. The lowest BCUT2D eigenvalue weighted by atomic mass is 10.0. The van der Waals surface area contributed by atoms with E-state index in [1.807, 2.05) is 11.0 Å². The summed E-state index contributed by atoms with van der Waals surface area (Å²) >= 11 is 0. The van der Waals surface area contributed by atoms with Crippen molar-refractivity contribution in [1.82, 2.24) is 4.98 Å². The molecular weight excluding hydrogens is 367 g/mol. The Bertz CT molecular complexity index is 974. The Kier molecular flexibility index (Phi) is 5.35. The van der Waals surface area contributed by atoms with E-state index >= 15 is 0 Å². The van der Waals surface area contributed by atoms with Crippen LogP contribution in [0.1, 0.15) is 28.8 Å². The highest BCUT2D eigenvalue weighted by molar-refractivity contribution is 5.98. The summed E-state index contributed by atoms with van der Waals surface area (Å²) in [5.74, 6) is -1.15. The van der Waals surface area contributed by atoms with Gasteiger partial charge in [0, 0.05) is 25.2 Å². The number of rotatable bonds is 5. The highest BCUT2D eigenvalue weighted by Gasteiger charge is 2.24. The first-order valence-corrected chi connectivity index (χ1v) is 8.54. The van der Waals surface area contributed by atoms with Gasteiger partial charge in [0.15, 0.2) is 0 Å². The van der Waals surface area contributed by atoms with Crippen LogP contribution in [0.3, 0.4) is 0 Å². The van der Waals surface area contributed by atoms with E-state index in [0.29, 0.717) is 18.8 Å². The van der Waals surface area contributed by atoms with Crippen molar-refractivity contribution in [2.75, 3.05) is 23.3 Å². The molecule has 28 heavy (non-hydrogen) atoms. The summed E-state index contributed by atoms with van der Waals surface area (Å²) < 4.78 is 14.3. The second-order valence-corrected chi connectivity index (χ2v) is 6.42. The van der Waals surface area contributed by atoms with Crippen molar-refractivity contribution >= 4 is 23.1 Å². The van der Waals surface area contributed by atoms with Crippen molar-refractivity contribution in [2.24, 2.45) is 5.73 Å². The summed E-state index contributed by atoms with van der Waals surface area (Å²) in [6, 6.07) is 7.12. The molecule has 1 fully saturated rings. The molecule has 1 saturated heterocycles. The van der Waals surface area contributed by atoms with E-state index in [9.17, 15) is 19.3 Å². The van der Waals surface area contributed by atoms with Gasteiger partial charge in [0.1, 0.15) is 17.8 Å². The molecule has 10 heteroatoms. The number of pyridine rings is 1.